The summed E-state index contributed by atoms with van der Waals surface area (Å²) in [6.45, 7) is 1.27. The number of hydrogen-bond donors (Lipinski definition) is 2. The molecule has 7 nitrogen and oxygen atoms in total. The summed E-state index contributed by atoms with van der Waals surface area (Å²) >= 11 is 0. The van der Waals surface area contributed by atoms with Crippen LogP contribution in [0.15, 0.2) is 42.5 Å². The van der Waals surface area contributed by atoms with Crippen molar-refractivity contribution in [2.24, 2.45) is 11.7 Å². The van der Waals surface area contributed by atoms with E-state index in [4.69, 9.17) is 10.5 Å². The van der Waals surface area contributed by atoms with E-state index in [1.807, 2.05) is 41.3 Å². The van der Waals surface area contributed by atoms with E-state index in [0.717, 1.165) is 53.6 Å². The summed E-state index contributed by atoms with van der Waals surface area (Å²) in [6.07, 6.45) is 4.97. The highest BCUT2D eigenvalue weighted by molar-refractivity contribution is 6.02. The molecule has 3 N–H and O–H groups in total. The van der Waals surface area contributed by atoms with Crippen molar-refractivity contribution in [2.45, 2.75) is 57.0 Å². The summed E-state index contributed by atoms with van der Waals surface area (Å²) in [5.41, 5.74) is 11.0. The van der Waals surface area contributed by atoms with E-state index >= 15 is 0 Å². The van der Waals surface area contributed by atoms with Crippen LogP contribution < -0.4 is 16.0 Å². The average Bonchev–Trinajstić information content (AvgIpc) is 3.40. The summed E-state index contributed by atoms with van der Waals surface area (Å²) in [5.74, 6) is 0.376. The lowest BCUT2D eigenvalue weighted by molar-refractivity contribution is -0.122. The molecular formula is C28H34N4O3. The Bertz CT molecular complexity index is 1090. The Hall–Kier alpha value is -3.21. The predicted molar refractivity (Wildman–Crippen MR) is 136 cm³/mol. The van der Waals surface area contributed by atoms with Crippen molar-refractivity contribution in [2.75, 3.05) is 25.2 Å². The number of carbonyl (C=O) groups excluding carboxylic acids is 2. The molecule has 184 valence electrons. The fraction of sp³-hybridized carbons (Fsp3) is 0.464. The molecule has 2 amide bonds. The van der Waals surface area contributed by atoms with Crippen LogP contribution in [0.2, 0.25) is 0 Å². The molecule has 7 heteroatoms. The van der Waals surface area contributed by atoms with Crippen molar-refractivity contribution < 1.29 is 14.3 Å². The Balaban J connectivity index is 1.37. The first-order valence-corrected chi connectivity index (χ1v) is 12.4. The Morgan fingerprint density at radius 2 is 2.00 bits per heavy atom. The first-order chi connectivity index (χ1) is 17.0. The van der Waals surface area contributed by atoms with E-state index in [1.54, 1.807) is 7.11 Å². The fourth-order valence-corrected chi connectivity index (χ4v) is 5.16. The van der Waals surface area contributed by atoms with Gasteiger partial charge in [-0.25, -0.2) is 0 Å². The van der Waals surface area contributed by atoms with Crippen molar-refractivity contribution in [1.29, 1.82) is 5.26 Å². The van der Waals surface area contributed by atoms with E-state index in [2.05, 4.69) is 17.5 Å². The van der Waals surface area contributed by atoms with Gasteiger partial charge in [0.05, 0.1) is 12.5 Å². The van der Waals surface area contributed by atoms with Crippen LogP contribution in [0, 0.1) is 17.2 Å². The maximum absolute atomic E-state index is 12.5. The van der Waals surface area contributed by atoms with Crippen molar-refractivity contribution >= 4 is 17.5 Å². The van der Waals surface area contributed by atoms with Crippen LogP contribution in [0.25, 0.3) is 11.1 Å². The van der Waals surface area contributed by atoms with Crippen molar-refractivity contribution in [1.82, 2.24) is 5.32 Å². The first-order valence-electron chi connectivity index (χ1n) is 12.4. The summed E-state index contributed by atoms with van der Waals surface area (Å²) in [7, 11) is 1.67. The molecule has 0 saturated heterocycles. The van der Waals surface area contributed by atoms with Gasteiger partial charge in [0.2, 0.25) is 11.8 Å². The molecule has 1 aliphatic carbocycles. The van der Waals surface area contributed by atoms with Crippen LogP contribution >= 0.6 is 0 Å². The molecule has 0 bridgehead atoms. The number of amides is 2. The van der Waals surface area contributed by atoms with Crippen molar-refractivity contribution in [3.8, 4) is 17.2 Å². The maximum atomic E-state index is 12.5. The topological polar surface area (TPSA) is 108 Å². The molecule has 2 aliphatic rings. The number of nitrogens with zero attached hydrogens (tertiary/aromatic N) is 2. The number of fused-ring (bicyclic) bond motifs is 1. The number of hydrogen-bond acceptors (Lipinski definition) is 5. The number of carbonyl (C=O) groups is 2. The summed E-state index contributed by atoms with van der Waals surface area (Å²) in [6, 6.07) is 16.1. The van der Waals surface area contributed by atoms with Gasteiger partial charge in [-0.1, -0.05) is 36.4 Å². The van der Waals surface area contributed by atoms with Gasteiger partial charge in [0, 0.05) is 44.8 Å². The molecule has 2 aromatic carbocycles. The van der Waals surface area contributed by atoms with Gasteiger partial charge in [-0.15, -0.1) is 0 Å². The number of benzene rings is 2. The summed E-state index contributed by atoms with van der Waals surface area (Å²) in [5, 5.41) is 12.4. The first kappa shape index (κ1) is 24.9. The molecule has 0 spiro atoms. The number of rotatable bonds is 10. The zero-order chi connectivity index (χ0) is 24.8. The minimum Gasteiger partial charge on any atom is -0.385 e. The van der Waals surface area contributed by atoms with Gasteiger partial charge in [0.25, 0.3) is 0 Å². The van der Waals surface area contributed by atoms with E-state index in [-0.39, 0.29) is 17.9 Å². The highest BCUT2D eigenvalue weighted by atomic mass is 16.5. The third-order valence-corrected chi connectivity index (χ3v) is 7.02. The molecule has 0 radical (unpaired) electrons. The summed E-state index contributed by atoms with van der Waals surface area (Å²) in [4.78, 5) is 26.7. The minimum atomic E-state index is -0.560. The molecule has 1 fully saturated rings. The van der Waals surface area contributed by atoms with Crippen LogP contribution in [0.5, 0.6) is 0 Å². The molecule has 1 unspecified atom stereocenters. The van der Waals surface area contributed by atoms with Gasteiger partial charge in [-0.2, -0.15) is 5.26 Å². The van der Waals surface area contributed by atoms with Crippen LogP contribution in [0.3, 0.4) is 0 Å². The predicted octanol–water partition coefficient (Wildman–Crippen LogP) is 3.35. The standard InChI is InChI=1S/C28H34N4O3/c1-35-12-2-11-32-26-16-22(8-9-23(26)17-28(32)34)21-6-3-19(4-7-21)14-25(18-29)31-27(33)15-20-5-10-24(30)13-20/h3-4,6-9,16,20,24-25H,2,5,10-15,17,30H2,1H3,(H,31,33)/t20-,24+,25?/m0/s1. The van der Waals surface area contributed by atoms with Gasteiger partial charge in [-0.05, 0) is 59.9 Å². The van der Waals surface area contributed by atoms with Crippen LogP contribution in [-0.2, 0) is 27.2 Å². The molecule has 1 heterocycles. The highest BCUT2D eigenvalue weighted by Gasteiger charge is 2.27. The number of nitrogens with two attached hydrogens (primary N) is 1. The maximum Gasteiger partial charge on any atom is 0.231 e. The smallest absolute Gasteiger partial charge is 0.231 e. The number of ether oxygens (including phenoxy) is 1. The molecule has 0 aromatic heterocycles. The van der Waals surface area contributed by atoms with E-state index in [9.17, 15) is 14.9 Å². The van der Waals surface area contributed by atoms with E-state index < -0.39 is 6.04 Å². The van der Waals surface area contributed by atoms with Gasteiger partial charge in [-0.3, -0.25) is 9.59 Å². The number of methoxy groups -OCH3 is 1. The number of anilines is 1. The van der Waals surface area contributed by atoms with Crippen LogP contribution in [0.4, 0.5) is 5.69 Å². The SMILES string of the molecule is COCCCN1C(=O)Cc2ccc(-c3ccc(CC(C#N)NC(=O)C[C@H]4CC[C@@H](N)C4)cc3)cc21. The molecular weight excluding hydrogens is 440 g/mol. The Morgan fingerprint density at radius 3 is 2.69 bits per heavy atom. The fourth-order valence-electron chi connectivity index (χ4n) is 5.16. The second-order valence-electron chi connectivity index (χ2n) is 9.71. The van der Waals surface area contributed by atoms with Crippen molar-refractivity contribution in [3.05, 3.63) is 53.6 Å². The van der Waals surface area contributed by atoms with Gasteiger partial charge in [0.1, 0.15) is 6.04 Å². The van der Waals surface area contributed by atoms with Crippen LogP contribution in [-0.4, -0.2) is 44.2 Å². The second kappa shape index (κ2) is 11.5. The Morgan fingerprint density at radius 1 is 1.23 bits per heavy atom. The third kappa shape index (κ3) is 6.27. The Labute approximate surface area is 207 Å². The minimum absolute atomic E-state index is 0.0741. The normalized spacial score (nSPS) is 19.9. The lowest BCUT2D eigenvalue weighted by atomic mass is 9.99. The van der Waals surface area contributed by atoms with E-state index in [0.29, 0.717) is 38.3 Å². The van der Waals surface area contributed by atoms with Gasteiger partial charge >= 0.3 is 0 Å². The third-order valence-electron chi connectivity index (χ3n) is 7.02. The largest absolute Gasteiger partial charge is 0.385 e. The molecule has 4 rings (SSSR count). The second-order valence-corrected chi connectivity index (χ2v) is 9.71. The number of nitriles is 1. The molecule has 1 aliphatic heterocycles. The lowest BCUT2D eigenvalue weighted by Gasteiger charge is -2.18. The average molecular weight is 475 g/mol. The van der Waals surface area contributed by atoms with E-state index in [1.165, 1.54) is 0 Å². The number of nitrogens with one attached hydrogen (secondary N) is 1. The molecule has 1 saturated carbocycles. The van der Waals surface area contributed by atoms with Gasteiger partial charge < -0.3 is 20.7 Å². The monoisotopic (exact) mass is 474 g/mol. The quantitative estimate of drug-likeness (QED) is 0.514. The molecule has 35 heavy (non-hydrogen) atoms. The molecule has 3 atom stereocenters. The zero-order valence-corrected chi connectivity index (χ0v) is 20.3. The Kier molecular flexibility index (Phi) is 8.17. The zero-order valence-electron chi connectivity index (χ0n) is 20.3. The van der Waals surface area contributed by atoms with Crippen molar-refractivity contribution in [3.63, 3.8) is 0 Å². The van der Waals surface area contributed by atoms with Crippen LogP contribution in [0.1, 0.15) is 43.2 Å². The summed E-state index contributed by atoms with van der Waals surface area (Å²) < 4.78 is 5.13. The lowest BCUT2D eigenvalue weighted by Crippen LogP contribution is -2.36. The molecule has 2 aromatic rings. The van der Waals surface area contributed by atoms with Gasteiger partial charge in [0.15, 0.2) is 0 Å². The highest BCUT2D eigenvalue weighted by Crippen LogP contribution is 2.34.